The summed E-state index contributed by atoms with van der Waals surface area (Å²) in [5.41, 5.74) is 10.1. The van der Waals surface area contributed by atoms with Crippen LogP contribution >= 0.6 is 11.3 Å². The fraction of sp³-hybridized carbons (Fsp3) is 0.219. The number of aryl methyl sites for hydroxylation is 1. The lowest BCUT2D eigenvalue weighted by atomic mass is 9.92. The Kier molecular flexibility index (Phi) is 6.10. The standard InChI is InChI=1S/C32H31NS/c1-20(2)23-11-13-24(14-12-23)28-17-27(29-18-26(21(3)4)15-16-33-29)19-30-31(28)22(5)32(34-30)25-9-7-6-8-10-25/h6-21H,1-5H3. The van der Waals surface area contributed by atoms with Crippen molar-refractivity contribution in [1.82, 2.24) is 4.98 Å². The van der Waals surface area contributed by atoms with Crippen molar-refractivity contribution in [1.29, 1.82) is 0 Å². The van der Waals surface area contributed by atoms with Gasteiger partial charge in [0.1, 0.15) is 0 Å². The van der Waals surface area contributed by atoms with Crippen LogP contribution < -0.4 is 0 Å². The first-order chi connectivity index (χ1) is 16.4. The summed E-state index contributed by atoms with van der Waals surface area (Å²) >= 11 is 1.89. The third kappa shape index (κ3) is 4.19. The molecule has 0 saturated heterocycles. The largest absolute Gasteiger partial charge is 0.256 e. The monoisotopic (exact) mass is 461 g/mol. The van der Waals surface area contributed by atoms with Crippen LogP contribution in [0, 0.1) is 6.92 Å². The van der Waals surface area contributed by atoms with Gasteiger partial charge in [0.2, 0.25) is 0 Å². The number of nitrogens with zero attached hydrogens (tertiary/aromatic N) is 1. The van der Waals surface area contributed by atoms with Crippen LogP contribution in [0.4, 0.5) is 0 Å². The minimum Gasteiger partial charge on any atom is -0.256 e. The van der Waals surface area contributed by atoms with E-state index in [1.165, 1.54) is 53.9 Å². The Morgan fingerprint density at radius 2 is 1.38 bits per heavy atom. The Morgan fingerprint density at radius 1 is 0.676 bits per heavy atom. The van der Waals surface area contributed by atoms with Gasteiger partial charge in [-0.15, -0.1) is 11.3 Å². The molecule has 5 rings (SSSR count). The van der Waals surface area contributed by atoms with E-state index in [2.05, 4.69) is 113 Å². The molecule has 0 fully saturated rings. The van der Waals surface area contributed by atoms with Crippen molar-refractivity contribution >= 4 is 21.4 Å². The highest BCUT2D eigenvalue weighted by molar-refractivity contribution is 7.22. The van der Waals surface area contributed by atoms with Crippen molar-refractivity contribution in [3.05, 3.63) is 102 Å². The van der Waals surface area contributed by atoms with E-state index in [0.717, 1.165) is 5.69 Å². The number of fused-ring (bicyclic) bond motifs is 1. The van der Waals surface area contributed by atoms with Gasteiger partial charge in [0.15, 0.2) is 0 Å². The highest BCUT2D eigenvalue weighted by atomic mass is 32.1. The van der Waals surface area contributed by atoms with Crippen LogP contribution in [0.25, 0.3) is 42.9 Å². The van der Waals surface area contributed by atoms with Crippen molar-refractivity contribution in [2.24, 2.45) is 0 Å². The van der Waals surface area contributed by atoms with E-state index < -0.39 is 0 Å². The highest BCUT2D eigenvalue weighted by Gasteiger charge is 2.17. The van der Waals surface area contributed by atoms with Crippen molar-refractivity contribution in [3.8, 4) is 32.8 Å². The summed E-state index contributed by atoms with van der Waals surface area (Å²) in [6.07, 6.45) is 1.95. The van der Waals surface area contributed by atoms with Crippen LogP contribution in [-0.4, -0.2) is 4.98 Å². The second-order valence-electron chi connectivity index (χ2n) is 9.72. The minimum atomic E-state index is 0.474. The molecule has 0 aliphatic heterocycles. The molecular weight excluding hydrogens is 430 g/mol. The summed E-state index contributed by atoms with van der Waals surface area (Å²) in [5, 5.41) is 1.35. The molecule has 0 unspecified atom stereocenters. The van der Waals surface area contributed by atoms with E-state index in [1.807, 2.05) is 17.5 Å². The first-order valence-corrected chi connectivity index (χ1v) is 12.9. The topological polar surface area (TPSA) is 12.9 Å². The molecule has 170 valence electrons. The first-order valence-electron chi connectivity index (χ1n) is 12.1. The highest BCUT2D eigenvalue weighted by Crippen LogP contribution is 2.44. The normalized spacial score (nSPS) is 11.6. The van der Waals surface area contributed by atoms with E-state index in [0.29, 0.717) is 11.8 Å². The fourth-order valence-corrected chi connectivity index (χ4v) is 5.91. The molecule has 0 aliphatic carbocycles. The summed E-state index contributed by atoms with van der Waals surface area (Å²) in [7, 11) is 0. The summed E-state index contributed by atoms with van der Waals surface area (Å²) < 4.78 is 1.31. The quantitative estimate of drug-likeness (QED) is 0.254. The molecule has 0 amide bonds. The lowest BCUT2D eigenvalue weighted by Crippen LogP contribution is -1.92. The van der Waals surface area contributed by atoms with Crippen molar-refractivity contribution < 1.29 is 0 Å². The number of hydrogen-bond acceptors (Lipinski definition) is 2. The van der Waals surface area contributed by atoms with E-state index >= 15 is 0 Å². The van der Waals surface area contributed by atoms with Gasteiger partial charge in [-0.2, -0.15) is 0 Å². The summed E-state index contributed by atoms with van der Waals surface area (Å²) in [6, 6.07) is 28.9. The van der Waals surface area contributed by atoms with Crippen LogP contribution in [0.5, 0.6) is 0 Å². The fourth-order valence-electron chi connectivity index (χ4n) is 4.63. The SMILES string of the molecule is Cc1c(-c2ccccc2)sc2cc(-c3cc(C(C)C)ccn3)cc(-c3ccc(C(C)C)cc3)c12. The lowest BCUT2D eigenvalue weighted by Gasteiger charge is -2.12. The maximum absolute atomic E-state index is 4.76. The van der Waals surface area contributed by atoms with Gasteiger partial charge in [0, 0.05) is 26.7 Å². The Bertz CT molecular complexity index is 1440. The Hall–Kier alpha value is -3.23. The molecular formula is C32H31NS. The van der Waals surface area contributed by atoms with Gasteiger partial charge >= 0.3 is 0 Å². The molecule has 0 bridgehead atoms. The van der Waals surface area contributed by atoms with Crippen LogP contribution in [0.15, 0.2) is 85.1 Å². The van der Waals surface area contributed by atoms with E-state index in [9.17, 15) is 0 Å². The average molecular weight is 462 g/mol. The van der Waals surface area contributed by atoms with E-state index in [4.69, 9.17) is 4.98 Å². The maximum Gasteiger partial charge on any atom is 0.0705 e. The predicted octanol–water partition coefficient (Wildman–Crippen LogP) is 9.85. The average Bonchev–Trinajstić information content (AvgIpc) is 3.20. The molecule has 2 heterocycles. The lowest BCUT2D eigenvalue weighted by molar-refractivity contribution is 0.864. The summed E-state index contributed by atoms with van der Waals surface area (Å²) in [6.45, 7) is 11.2. The predicted molar refractivity (Wildman–Crippen MR) is 149 cm³/mol. The minimum absolute atomic E-state index is 0.474. The van der Waals surface area contributed by atoms with Crippen LogP contribution in [0.2, 0.25) is 0 Å². The molecule has 5 aromatic rings. The molecule has 2 heteroatoms. The van der Waals surface area contributed by atoms with E-state index in [-0.39, 0.29) is 0 Å². The number of benzene rings is 3. The number of thiophene rings is 1. The Morgan fingerprint density at radius 3 is 2.06 bits per heavy atom. The van der Waals surface area contributed by atoms with Crippen LogP contribution in [-0.2, 0) is 0 Å². The summed E-state index contributed by atoms with van der Waals surface area (Å²) in [5.74, 6) is 0.998. The molecule has 0 N–H and O–H groups in total. The Labute approximate surface area is 207 Å². The molecule has 0 atom stereocenters. The number of rotatable bonds is 5. The molecule has 3 aromatic carbocycles. The molecule has 1 nitrogen and oxygen atoms in total. The van der Waals surface area contributed by atoms with Gasteiger partial charge in [-0.25, -0.2) is 0 Å². The van der Waals surface area contributed by atoms with E-state index in [1.54, 1.807) is 0 Å². The zero-order valence-electron chi connectivity index (χ0n) is 20.6. The van der Waals surface area contributed by atoms with Crippen molar-refractivity contribution in [3.63, 3.8) is 0 Å². The molecule has 0 spiro atoms. The molecule has 0 radical (unpaired) electrons. The number of hydrogen-bond donors (Lipinski definition) is 0. The van der Waals surface area contributed by atoms with Gasteiger partial charge in [-0.1, -0.05) is 82.3 Å². The number of aromatic nitrogens is 1. The van der Waals surface area contributed by atoms with Crippen molar-refractivity contribution in [2.45, 2.75) is 46.5 Å². The second kappa shape index (κ2) is 9.19. The Balaban J connectivity index is 1.76. The van der Waals surface area contributed by atoms with Gasteiger partial charge in [-0.05, 0) is 76.4 Å². The van der Waals surface area contributed by atoms with Gasteiger partial charge < -0.3 is 0 Å². The third-order valence-electron chi connectivity index (χ3n) is 6.70. The maximum atomic E-state index is 4.76. The molecule has 0 aliphatic rings. The third-order valence-corrected chi connectivity index (χ3v) is 7.99. The van der Waals surface area contributed by atoms with Gasteiger partial charge in [0.25, 0.3) is 0 Å². The van der Waals surface area contributed by atoms with Crippen molar-refractivity contribution in [2.75, 3.05) is 0 Å². The zero-order chi connectivity index (χ0) is 23.8. The molecule has 0 saturated carbocycles. The molecule has 2 aromatic heterocycles. The first kappa shape index (κ1) is 22.6. The van der Waals surface area contributed by atoms with Gasteiger partial charge in [-0.3, -0.25) is 4.98 Å². The molecule has 34 heavy (non-hydrogen) atoms. The van der Waals surface area contributed by atoms with Crippen LogP contribution in [0.3, 0.4) is 0 Å². The van der Waals surface area contributed by atoms with Gasteiger partial charge in [0.05, 0.1) is 5.69 Å². The van der Waals surface area contributed by atoms with Crippen LogP contribution in [0.1, 0.15) is 56.2 Å². The smallest absolute Gasteiger partial charge is 0.0705 e. The zero-order valence-corrected chi connectivity index (χ0v) is 21.4. The second-order valence-corrected chi connectivity index (χ2v) is 10.8. The summed E-state index contributed by atoms with van der Waals surface area (Å²) in [4.78, 5) is 6.11. The number of pyridine rings is 1.